The van der Waals surface area contributed by atoms with Crippen LogP contribution in [0.15, 0.2) is 12.1 Å². The van der Waals surface area contributed by atoms with E-state index in [9.17, 15) is 4.79 Å². The van der Waals surface area contributed by atoms with Gasteiger partial charge in [0.2, 0.25) is 0 Å². The van der Waals surface area contributed by atoms with Crippen molar-refractivity contribution in [3.8, 4) is 11.5 Å². The number of carboxylic acid groups (broad SMARTS) is 1. The molecule has 1 fully saturated rings. The molecule has 5 nitrogen and oxygen atoms in total. The van der Waals surface area contributed by atoms with Crippen LogP contribution in [-0.4, -0.2) is 42.3 Å². The van der Waals surface area contributed by atoms with Crippen molar-refractivity contribution in [1.82, 2.24) is 4.90 Å². The molecule has 2 rings (SSSR count). The summed E-state index contributed by atoms with van der Waals surface area (Å²) in [6, 6.07) is 3.45. The van der Waals surface area contributed by atoms with Crippen molar-refractivity contribution in [1.29, 1.82) is 0 Å². The minimum atomic E-state index is -1.01. The second kappa shape index (κ2) is 7.00. The SMILES string of the molecule is COc1cc(Cl)cc(CN2CCCC2)c1OC(C)C(=O)O. The van der Waals surface area contributed by atoms with Crippen LogP contribution in [-0.2, 0) is 11.3 Å². The molecule has 6 heteroatoms. The van der Waals surface area contributed by atoms with Gasteiger partial charge in [-0.25, -0.2) is 4.79 Å². The standard InChI is InChI=1S/C15H20ClNO4/c1-10(15(18)19)21-14-11(9-17-5-3-4-6-17)7-12(16)8-13(14)20-2/h7-8,10H,3-6,9H2,1-2H3,(H,18,19). The molecule has 116 valence electrons. The summed E-state index contributed by atoms with van der Waals surface area (Å²) in [4.78, 5) is 13.3. The number of likely N-dealkylation sites (tertiary alicyclic amines) is 1. The van der Waals surface area contributed by atoms with E-state index in [4.69, 9.17) is 26.2 Å². The maximum atomic E-state index is 11.0. The summed E-state index contributed by atoms with van der Waals surface area (Å²) >= 11 is 6.11. The highest BCUT2D eigenvalue weighted by molar-refractivity contribution is 6.30. The van der Waals surface area contributed by atoms with Crippen LogP contribution in [0.1, 0.15) is 25.3 Å². The fourth-order valence-corrected chi connectivity index (χ4v) is 2.67. The van der Waals surface area contributed by atoms with E-state index in [1.807, 2.05) is 6.07 Å². The quantitative estimate of drug-likeness (QED) is 0.875. The summed E-state index contributed by atoms with van der Waals surface area (Å²) < 4.78 is 10.9. The Hall–Kier alpha value is -1.46. The molecule has 0 aromatic heterocycles. The lowest BCUT2D eigenvalue weighted by molar-refractivity contribution is -0.144. The number of carbonyl (C=O) groups is 1. The molecular formula is C15H20ClNO4. The Bertz CT molecular complexity index is 515. The first kappa shape index (κ1) is 15.9. The second-order valence-corrected chi connectivity index (χ2v) is 5.61. The van der Waals surface area contributed by atoms with E-state index in [2.05, 4.69) is 4.90 Å². The number of halogens is 1. The molecule has 1 saturated heterocycles. The maximum Gasteiger partial charge on any atom is 0.344 e. The van der Waals surface area contributed by atoms with Crippen molar-refractivity contribution in [2.45, 2.75) is 32.4 Å². The van der Waals surface area contributed by atoms with E-state index in [1.165, 1.54) is 26.9 Å². The van der Waals surface area contributed by atoms with E-state index >= 15 is 0 Å². The largest absolute Gasteiger partial charge is 0.493 e. The Balaban J connectivity index is 2.30. The van der Waals surface area contributed by atoms with Gasteiger partial charge in [-0.1, -0.05) is 11.6 Å². The number of benzene rings is 1. The molecule has 0 aliphatic carbocycles. The lowest BCUT2D eigenvalue weighted by Crippen LogP contribution is -2.25. The molecule has 0 amide bonds. The third-order valence-corrected chi connectivity index (χ3v) is 3.77. The van der Waals surface area contributed by atoms with Gasteiger partial charge in [0, 0.05) is 23.2 Å². The van der Waals surface area contributed by atoms with Crippen LogP contribution >= 0.6 is 11.6 Å². The molecule has 1 heterocycles. The van der Waals surface area contributed by atoms with E-state index in [-0.39, 0.29) is 0 Å². The zero-order valence-electron chi connectivity index (χ0n) is 12.3. The Morgan fingerprint density at radius 2 is 2.10 bits per heavy atom. The number of carboxylic acids is 1. The Kier molecular flexibility index (Phi) is 5.31. The Labute approximate surface area is 129 Å². The third kappa shape index (κ3) is 4.02. The zero-order chi connectivity index (χ0) is 15.4. The molecule has 1 N–H and O–H groups in total. The number of aliphatic carboxylic acids is 1. The molecule has 0 spiro atoms. The van der Waals surface area contributed by atoms with Crippen molar-refractivity contribution in [3.63, 3.8) is 0 Å². The van der Waals surface area contributed by atoms with Gasteiger partial charge in [-0.15, -0.1) is 0 Å². The Morgan fingerprint density at radius 3 is 2.67 bits per heavy atom. The van der Waals surface area contributed by atoms with Gasteiger partial charge in [0.1, 0.15) is 0 Å². The van der Waals surface area contributed by atoms with Crippen LogP contribution in [0, 0.1) is 0 Å². The van der Waals surface area contributed by atoms with Gasteiger partial charge < -0.3 is 14.6 Å². The number of methoxy groups -OCH3 is 1. The van der Waals surface area contributed by atoms with Gasteiger partial charge in [-0.2, -0.15) is 0 Å². The average Bonchev–Trinajstić information content (AvgIpc) is 2.93. The molecule has 0 saturated carbocycles. The minimum absolute atomic E-state index is 0.462. The number of ether oxygens (including phenoxy) is 2. The monoisotopic (exact) mass is 313 g/mol. The van der Waals surface area contributed by atoms with E-state index in [0.717, 1.165) is 18.7 Å². The molecule has 0 bridgehead atoms. The summed E-state index contributed by atoms with van der Waals surface area (Å²) in [5, 5.41) is 9.59. The van der Waals surface area contributed by atoms with E-state index < -0.39 is 12.1 Å². The molecule has 1 aliphatic rings. The van der Waals surface area contributed by atoms with Crippen LogP contribution in [0.2, 0.25) is 5.02 Å². The maximum absolute atomic E-state index is 11.0. The zero-order valence-corrected chi connectivity index (χ0v) is 13.0. The topological polar surface area (TPSA) is 59.0 Å². The molecule has 1 atom stereocenters. The van der Waals surface area contributed by atoms with Gasteiger partial charge in [0.05, 0.1) is 7.11 Å². The number of hydrogen-bond donors (Lipinski definition) is 1. The highest BCUT2D eigenvalue weighted by Crippen LogP contribution is 2.36. The molecule has 0 radical (unpaired) electrons. The van der Waals surface area contributed by atoms with Crippen molar-refractivity contribution in [3.05, 3.63) is 22.7 Å². The van der Waals surface area contributed by atoms with Gasteiger partial charge in [-0.3, -0.25) is 4.90 Å². The van der Waals surface area contributed by atoms with Crippen molar-refractivity contribution in [2.24, 2.45) is 0 Å². The Morgan fingerprint density at radius 1 is 1.43 bits per heavy atom. The van der Waals surface area contributed by atoms with Crippen LogP contribution < -0.4 is 9.47 Å². The third-order valence-electron chi connectivity index (χ3n) is 3.55. The molecule has 1 aromatic carbocycles. The highest BCUT2D eigenvalue weighted by atomic mass is 35.5. The fourth-order valence-electron chi connectivity index (χ4n) is 2.43. The van der Waals surface area contributed by atoms with E-state index in [1.54, 1.807) is 6.07 Å². The highest BCUT2D eigenvalue weighted by Gasteiger charge is 2.22. The second-order valence-electron chi connectivity index (χ2n) is 5.18. The van der Waals surface area contributed by atoms with Crippen molar-refractivity contribution >= 4 is 17.6 Å². The van der Waals surface area contributed by atoms with Crippen LogP contribution in [0.4, 0.5) is 0 Å². The summed E-state index contributed by atoms with van der Waals surface area (Å²) in [5.74, 6) is -0.0902. The lowest BCUT2D eigenvalue weighted by Gasteiger charge is -2.21. The minimum Gasteiger partial charge on any atom is -0.493 e. The smallest absolute Gasteiger partial charge is 0.344 e. The normalized spacial score (nSPS) is 16.7. The molecular weight excluding hydrogens is 294 g/mol. The first-order valence-corrected chi connectivity index (χ1v) is 7.37. The number of rotatable bonds is 6. The fraction of sp³-hybridized carbons (Fsp3) is 0.533. The van der Waals surface area contributed by atoms with Crippen LogP contribution in [0.5, 0.6) is 11.5 Å². The number of hydrogen-bond acceptors (Lipinski definition) is 4. The van der Waals surface area contributed by atoms with Crippen molar-refractivity contribution in [2.75, 3.05) is 20.2 Å². The predicted octanol–water partition coefficient (Wildman–Crippen LogP) is 2.80. The van der Waals surface area contributed by atoms with E-state index in [0.29, 0.717) is 23.1 Å². The van der Waals surface area contributed by atoms with Crippen molar-refractivity contribution < 1.29 is 19.4 Å². The molecule has 1 aliphatic heterocycles. The summed E-state index contributed by atoms with van der Waals surface area (Å²) in [7, 11) is 1.52. The van der Waals surface area contributed by atoms with Gasteiger partial charge in [0.25, 0.3) is 0 Å². The number of nitrogens with zero attached hydrogens (tertiary/aromatic N) is 1. The van der Waals surface area contributed by atoms with Gasteiger partial charge in [-0.05, 0) is 38.9 Å². The lowest BCUT2D eigenvalue weighted by atomic mass is 10.1. The summed E-state index contributed by atoms with van der Waals surface area (Å²) in [5.41, 5.74) is 0.856. The average molecular weight is 314 g/mol. The summed E-state index contributed by atoms with van der Waals surface area (Å²) in [6.45, 7) is 4.24. The van der Waals surface area contributed by atoms with Crippen LogP contribution in [0.3, 0.4) is 0 Å². The summed E-state index contributed by atoms with van der Waals surface area (Å²) in [6.07, 6.45) is 1.41. The van der Waals surface area contributed by atoms with Crippen LogP contribution in [0.25, 0.3) is 0 Å². The molecule has 1 unspecified atom stereocenters. The first-order chi connectivity index (χ1) is 10.0. The van der Waals surface area contributed by atoms with Gasteiger partial charge in [0.15, 0.2) is 17.6 Å². The first-order valence-electron chi connectivity index (χ1n) is 6.99. The predicted molar refractivity (Wildman–Crippen MR) is 80.2 cm³/mol. The van der Waals surface area contributed by atoms with Gasteiger partial charge >= 0.3 is 5.97 Å². The molecule has 21 heavy (non-hydrogen) atoms. The molecule has 1 aromatic rings.